The van der Waals surface area contributed by atoms with E-state index in [0.717, 1.165) is 23.6 Å². The number of benzene rings is 2. The van der Waals surface area contributed by atoms with Gasteiger partial charge in [-0.3, -0.25) is 0 Å². The second-order valence-electron chi connectivity index (χ2n) is 5.02. The van der Waals surface area contributed by atoms with Crippen molar-refractivity contribution in [2.75, 3.05) is 19.6 Å². The van der Waals surface area contributed by atoms with E-state index in [1.165, 1.54) is 4.31 Å². The number of nitrogens with two attached hydrogens (primary N) is 1. The average Bonchev–Trinajstić information content (AvgIpc) is 2.50. The minimum absolute atomic E-state index is 0.327. The quantitative estimate of drug-likeness (QED) is 0.855. The maximum Gasteiger partial charge on any atom is 0.243 e. The zero-order chi connectivity index (χ0) is 15.3. The van der Waals surface area contributed by atoms with Gasteiger partial charge in [0.2, 0.25) is 10.0 Å². The maximum absolute atomic E-state index is 12.9. The van der Waals surface area contributed by atoms with E-state index in [2.05, 4.69) is 0 Å². The molecule has 2 aromatic carbocycles. The summed E-state index contributed by atoms with van der Waals surface area (Å²) in [6, 6.07) is 12.9. The van der Waals surface area contributed by atoms with Crippen LogP contribution in [0.1, 0.15) is 19.8 Å². The summed E-state index contributed by atoms with van der Waals surface area (Å²) in [5.41, 5.74) is 5.58. The Bertz CT molecular complexity index is 693. The highest BCUT2D eigenvalue weighted by atomic mass is 32.2. The molecule has 0 bridgehead atoms. The first kappa shape index (κ1) is 15.9. The van der Waals surface area contributed by atoms with Gasteiger partial charge in [-0.2, -0.15) is 4.31 Å². The molecule has 0 unspecified atom stereocenters. The summed E-state index contributed by atoms with van der Waals surface area (Å²) in [5.74, 6) is 0. The third kappa shape index (κ3) is 3.43. The van der Waals surface area contributed by atoms with E-state index in [1.54, 1.807) is 12.1 Å². The van der Waals surface area contributed by atoms with Crippen LogP contribution in [0, 0.1) is 0 Å². The summed E-state index contributed by atoms with van der Waals surface area (Å²) in [5, 5.41) is 1.69. The lowest BCUT2D eigenvalue weighted by atomic mass is 10.1. The molecule has 0 fully saturated rings. The third-order valence-electron chi connectivity index (χ3n) is 3.51. The van der Waals surface area contributed by atoms with Crippen LogP contribution >= 0.6 is 0 Å². The Kier molecular flexibility index (Phi) is 5.33. The van der Waals surface area contributed by atoms with Crippen molar-refractivity contribution in [1.29, 1.82) is 0 Å². The maximum atomic E-state index is 12.9. The van der Waals surface area contributed by atoms with Crippen molar-refractivity contribution in [2.45, 2.75) is 24.7 Å². The molecule has 0 aliphatic heterocycles. The van der Waals surface area contributed by atoms with Crippen LogP contribution in [0.5, 0.6) is 0 Å². The minimum atomic E-state index is -3.51. The Labute approximate surface area is 126 Å². The first-order chi connectivity index (χ1) is 10.1. The largest absolute Gasteiger partial charge is 0.329 e. The van der Waals surface area contributed by atoms with Gasteiger partial charge in [-0.05, 0) is 17.9 Å². The summed E-state index contributed by atoms with van der Waals surface area (Å²) in [4.78, 5) is 0.366. The van der Waals surface area contributed by atoms with Gasteiger partial charge in [-0.15, -0.1) is 0 Å². The normalized spacial score (nSPS) is 12.1. The zero-order valence-electron chi connectivity index (χ0n) is 12.3. The second kappa shape index (κ2) is 7.02. The van der Waals surface area contributed by atoms with Crippen molar-refractivity contribution in [3.8, 4) is 0 Å². The van der Waals surface area contributed by atoms with Crippen molar-refractivity contribution in [1.82, 2.24) is 4.31 Å². The van der Waals surface area contributed by atoms with E-state index >= 15 is 0 Å². The smallest absolute Gasteiger partial charge is 0.243 e. The Morgan fingerprint density at radius 3 is 2.48 bits per heavy atom. The average molecular weight is 306 g/mol. The lowest BCUT2D eigenvalue weighted by Gasteiger charge is -2.22. The molecule has 0 radical (unpaired) electrons. The van der Waals surface area contributed by atoms with E-state index in [9.17, 15) is 8.42 Å². The highest BCUT2D eigenvalue weighted by Crippen LogP contribution is 2.25. The lowest BCUT2D eigenvalue weighted by Crippen LogP contribution is -2.36. The van der Waals surface area contributed by atoms with Gasteiger partial charge in [0.25, 0.3) is 0 Å². The van der Waals surface area contributed by atoms with Gasteiger partial charge in [0, 0.05) is 25.0 Å². The summed E-state index contributed by atoms with van der Waals surface area (Å²) in [6.45, 7) is 3.24. The van der Waals surface area contributed by atoms with Crippen LogP contribution in [-0.4, -0.2) is 32.4 Å². The van der Waals surface area contributed by atoms with Crippen LogP contribution in [0.3, 0.4) is 0 Å². The van der Waals surface area contributed by atoms with Crippen molar-refractivity contribution < 1.29 is 8.42 Å². The summed E-state index contributed by atoms with van der Waals surface area (Å²) < 4.78 is 27.3. The standard InChI is InChI=1S/C16H22N2O2S/c1-2-3-12-18(13-11-17)21(19,20)16-10-6-8-14-7-4-5-9-15(14)16/h4-10H,2-3,11-13,17H2,1H3. The molecule has 5 heteroatoms. The zero-order valence-corrected chi connectivity index (χ0v) is 13.1. The SMILES string of the molecule is CCCCN(CCN)S(=O)(=O)c1cccc2ccccc12. The highest BCUT2D eigenvalue weighted by Gasteiger charge is 2.24. The minimum Gasteiger partial charge on any atom is -0.329 e. The van der Waals surface area contributed by atoms with Gasteiger partial charge in [0.15, 0.2) is 0 Å². The van der Waals surface area contributed by atoms with E-state index in [-0.39, 0.29) is 0 Å². The Hall–Kier alpha value is -1.43. The van der Waals surface area contributed by atoms with Crippen LogP contribution in [0.25, 0.3) is 10.8 Å². The molecule has 0 aliphatic rings. The molecule has 0 aromatic heterocycles. The van der Waals surface area contributed by atoms with Crippen LogP contribution in [0.15, 0.2) is 47.4 Å². The van der Waals surface area contributed by atoms with Gasteiger partial charge in [0.05, 0.1) is 4.90 Å². The van der Waals surface area contributed by atoms with Crippen molar-refractivity contribution in [3.63, 3.8) is 0 Å². The molecular weight excluding hydrogens is 284 g/mol. The van der Waals surface area contributed by atoms with E-state index in [0.29, 0.717) is 24.5 Å². The van der Waals surface area contributed by atoms with Crippen LogP contribution in [0.4, 0.5) is 0 Å². The summed E-state index contributed by atoms with van der Waals surface area (Å²) >= 11 is 0. The fourth-order valence-corrected chi connectivity index (χ4v) is 4.10. The van der Waals surface area contributed by atoms with Gasteiger partial charge < -0.3 is 5.73 Å². The monoisotopic (exact) mass is 306 g/mol. The number of unbranched alkanes of at least 4 members (excludes halogenated alkanes) is 1. The van der Waals surface area contributed by atoms with Crippen molar-refractivity contribution in [3.05, 3.63) is 42.5 Å². The molecule has 0 heterocycles. The summed E-state index contributed by atoms with van der Waals surface area (Å²) in [6.07, 6.45) is 1.79. The van der Waals surface area contributed by atoms with E-state index in [1.807, 2.05) is 37.3 Å². The second-order valence-corrected chi connectivity index (χ2v) is 6.93. The predicted octanol–water partition coefficient (Wildman–Crippen LogP) is 2.59. The van der Waals surface area contributed by atoms with Gasteiger partial charge in [-0.1, -0.05) is 49.7 Å². The van der Waals surface area contributed by atoms with E-state index < -0.39 is 10.0 Å². The number of rotatable bonds is 7. The molecule has 2 N–H and O–H groups in total. The van der Waals surface area contributed by atoms with Gasteiger partial charge in [0.1, 0.15) is 0 Å². The van der Waals surface area contributed by atoms with Crippen molar-refractivity contribution in [2.24, 2.45) is 5.73 Å². The molecule has 21 heavy (non-hydrogen) atoms. The molecule has 0 atom stereocenters. The molecule has 114 valence electrons. The van der Waals surface area contributed by atoms with Crippen LogP contribution in [-0.2, 0) is 10.0 Å². The van der Waals surface area contributed by atoms with Gasteiger partial charge in [-0.25, -0.2) is 8.42 Å². The Balaban J connectivity index is 2.49. The van der Waals surface area contributed by atoms with Gasteiger partial charge >= 0.3 is 0 Å². The third-order valence-corrected chi connectivity index (χ3v) is 5.46. The molecule has 2 rings (SSSR count). The Morgan fingerprint density at radius 1 is 1.05 bits per heavy atom. The molecule has 0 saturated carbocycles. The molecule has 0 saturated heterocycles. The number of hydrogen-bond acceptors (Lipinski definition) is 3. The fourth-order valence-electron chi connectivity index (χ4n) is 2.39. The van der Waals surface area contributed by atoms with Crippen molar-refractivity contribution >= 4 is 20.8 Å². The molecule has 2 aromatic rings. The first-order valence-electron chi connectivity index (χ1n) is 7.29. The van der Waals surface area contributed by atoms with E-state index in [4.69, 9.17) is 5.73 Å². The summed E-state index contributed by atoms with van der Waals surface area (Å²) in [7, 11) is -3.51. The number of fused-ring (bicyclic) bond motifs is 1. The molecule has 0 aliphatic carbocycles. The number of sulfonamides is 1. The molecule has 0 amide bonds. The number of hydrogen-bond donors (Lipinski definition) is 1. The molecular formula is C16H22N2O2S. The molecule has 0 spiro atoms. The predicted molar refractivity (Wildman–Crippen MR) is 86.7 cm³/mol. The van der Waals surface area contributed by atoms with Crippen LogP contribution in [0.2, 0.25) is 0 Å². The topological polar surface area (TPSA) is 63.4 Å². The first-order valence-corrected chi connectivity index (χ1v) is 8.73. The highest BCUT2D eigenvalue weighted by molar-refractivity contribution is 7.89. The number of nitrogens with zero attached hydrogens (tertiary/aromatic N) is 1. The fraction of sp³-hybridized carbons (Fsp3) is 0.375. The Morgan fingerprint density at radius 2 is 1.76 bits per heavy atom. The molecule has 4 nitrogen and oxygen atoms in total. The lowest BCUT2D eigenvalue weighted by molar-refractivity contribution is 0.410. The van der Waals surface area contributed by atoms with Crippen LogP contribution < -0.4 is 5.73 Å².